The average Bonchev–Trinajstić information content (AvgIpc) is 2.94. The van der Waals surface area contributed by atoms with Crippen LogP contribution in [0.3, 0.4) is 0 Å². The van der Waals surface area contributed by atoms with E-state index in [2.05, 4.69) is 25.1 Å². The van der Waals surface area contributed by atoms with Crippen LogP contribution in [0.2, 0.25) is 0 Å². The van der Waals surface area contributed by atoms with Crippen molar-refractivity contribution in [3.05, 3.63) is 52.5 Å². The molecule has 0 aliphatic heterocycles. The van der Waals surface area contributed by atoms with Crippen LogP contribution in [-0.4, -0.2) is 37.8 Å². The van der Waals surface area contributed by atoms with Gasteiger partial charge in [0.1, 0.15) is 6.04 Å². The van der Waals surface area contributed by atoms with E-state index in [9.17, 15) is 9.59 Å². The number of aryl methyl sites for hydroxylation is 1. The van der Waals surface area contributed by atoms with Crippen LogP contribution in [0, 0.1) is 0 Å². The molecule has 2 rings (SSSR count). The molecule has 0 saturated carbocycles. The molecule has 1 unspecified atom stereocenters. The lowest BCUT2D eigenvalue weighted by atomic mass is 10.2. The SMILES string of the molecule is C=CC[NH+](CC=C)C(C)Cn1cnc2c1c(=O)n(C)c(=O)n2C.[Cl-]. The highest BCUT2D eigenvalue weighted by Crippen LogP contribution is 2.05. The maximum atomic E-state index is 12.4. The molecule has 0 amide bonds. The average molecular weight is 354 g/mol. The van der Waals surface area contributed by atoms with Crippen molar-refractivity contribution < 1.29 is 17.3 Å². The first-order valence-electron chi connectivity index (χ1n) is 7.59. The Morgan fingerprint density at radius 1 is 1.21 bits per heavy atom. The van der Waals surface area contributed by atoms with Crippen LogP contribution in [0.1, 0.15) is 6.92 Å². The maximum absolute atomic E-state index is 12.4. The molecule has 0 aromatic carbocycles. The van der Waals surface area contributed by atoms with Crippen molar-refractivity contribution in [3.63, 3.8) is 0 Å². The molecular weight excluding hydrogens is 330 g/mol. The second-order valence-corrected chi connectivity index (χ2v) is 5.82. The first-order chi connectivity index (χ1) is 10.9. The van der Waals surface area contributed by atoms with Gasteiger partial charge >= 0.3 is 5.69 Å². The van der Waals surface area contributed by atoms with Crippen LogP contribution in [0.4, 0.5) is 0 Å². The van der Waals surface area contributed by atoms with E-state index in [4.69, 9.17) is 0 Å². The number of quaternary nitrogens is 1. The number of nitrogens with one attached hydrogen (secondary N) is 1. The second kappa shape index (κ2) is 8.12. The smallest absolute Gasteiger partial charge is 0.332 e. The monoisotopic (exact) mass is 353 g/mol. The number of hydrogen-bond acceptors (Lipinski definition) is 3. The number of fused-ring (bicyclic) bond motifs is 1. The minimum atomic E-state index is -0.369. The van der Waals surface area contributed by atoms with E-state index in [-0.39, 0.29) is 29.7 Å². The summed E-state index contributed by atoms with van der Waals surface area (Å²) in [5, 5.41) is 0. The molecule has 0 aliphatic rings. The molecule has 0 fully saturated rings. The molecule has 2 aromatic heterocycles. The molecule has 2 heterocycles. The number of aromatic nitrogens is 4. The molecule has 24 heavy (non-hydrogen) atoms. The van der Waals surface area contributed by atoms with Crippen LogP contribution in [0.5, 0.6) is 0 Å². The summed E-state index contributed by atoms with van der Waals surface area (Å²) in [5.74, 6) is 0. The predicted octanol–water partition coefficient (Wildman–Crippen LogP) is -3.92. The van der Waals surface area contributed by atoms with Gasteiger partial charge in [0.15, 0.2) is 11.2 Å². The lowest BCUT2D eigenvalue weighted by Crippen LogP contribution is -3.15. The van der Waals surface area contributed by atoms with Gasteiger partial charge in [0.2, 0.25) is 0 Å². The standard InChI is InChI=1S/C16H23N5O2.ClH/c1-6-8-20(9-7-2)12(3)10-21-11-17-14-13(21)15(22)19(5)16(23)18(14)4;/h6-7,11-12H,1-2,8-10H2,3-5H3;1H. The third-order valence-electron chi connectivity index (χ3n) is 4.20. The van der Waals surface area contributed by atoms with Crippen LogP contribution < -0.4 is 28.6 Å². The van der Waals surface area contributed by atoms with Gasteiger partial charge in [-0.1, -0.05) is 13.2 Å². The Kier molecular flexibility index (Phi) is 6.74. The molecule has 0 radical (unpaired) electrons. The Bertz CT molecular complexity index is 838. The van der Waals surface area contributed by atoms with Crippen molar-refractivity contribution >= 4 is 11.2 Å². The van der Waals surface area contributed by atoms with E-state index < -0.39 is 0 Å². The Morgan fingerprint density at radius 3 is 2.33 bits per heavy atom. The molecule has 7 nitrogen and oxygen atoms in total. The lowest BCUT2D eigenvalue weighted by Gasteiger charge is -2.24. The molecule has 1 N–H and O–H groups in total. The minimum absolute atomic E-state index is 0. The quantitative estimate of drug-likeness (QED) is 0.517. The summed E-state index contributed by atoms with van der Waals surface area (Å²) in [6, 6.07) is 0.241. The number of nitrogens with zero attached hydrogens (tertiary/aromatic N) is 4. The highest BCUT2D eigenvalue weighted by atomic mass is 35.5. The number of imidazole rings is 1. The third kappa shape index (κ3) is 3.52. The topological polar surface area (TPSA) is 66.3 Å². The summed E-state index contributed by atoms with van der Waals surface area (Å²) in [6.07, 6.45) is 5.38. The van der Waals surface area contributed by atoms with Crippen LogP contribution >= 0.6 is 0 Å². The number of halogens is 1. The summed E-state index contributed by atoms with van der Waals surface area (Å²) < 4.78 is 4.34. The Morgan fingerprint density at radius 2 is 1.79 bits per heavy atom. The van der Waals surface area contributed by atoms with Crippen LogP contribution in [-0.2, 0) is 20.6 Å². The van der Waals surface area contributed by atoms with Crippen molar-refractivity contribution in [2.45, 2.75) is 19.5 Å². The van der Waals surface area contributed by atoms with Crippen LogP contribution in [0.25, 0.3) is 11.2 Å². The fraction of sp³-hybridized carbons (Fsp3) is 0.438. The Balaban J connectivity index is 0.00000288. The first kappa shape index (κ1) is 19.9. The largest absolute Gasteiger partial charge is 1.00 e. The molecule has 0 bridgehead atoms. The van der Waals surface area contributed by atoms with Gasteiger partial charge in [-0.2, -0.15) is 0 Å². The van der Waals surface area contributed by atoms with E-state index in [1.165, 1.54) is 16.5 Å². The Labute approximate surface area is 146 Å². The number of rotatable bonds is 7. The highest BCUT2D eigenvalue weighted by Gasteiger charge is 2.19. The summed E-state index contributed by atoms with van der Waals surface area (Å²) in [4.78, 5) is 30.0. The van der Waals surface area contributed by atoms with Crippen LogP contribution in [0.15, 0.2) is 41.2 Å². The lowest BCUT2D eigenvalue weighted by molar-refractivity contribution is -0.912. The second-order valence-electron chi connectivity index (χ2n) is 5.82. The van der Waals surface area contributed by atoms with Gasteiger partial charge in [-0.05, 0) is 19.1 Å². The molecule has 0 aliphatic carbocycles. The molecule has 132 valence electrons. The molecule has 0 saturated heterocycles. The summed E-state index contributed by atoms with van der Waals surface area (Å²) in [6.45, 7) is 12.0. The normalized spacial score (nSPS) is 12.2. The third-order valence-corrected chi connectivity index (χ3v) is 4.20. The Hall–Kier alpha value is -2.12. The van der Waals surface area contributed by atoms with E-state index in [0.29, 0.717) is 17.7 Å². The molecular formula is C16H24ClN5O2. The van der Waals surface area contributed by atoms with Gasteiger partial charge in [-0.3, -0.25) is 13.9 Å². The zero-order valence-corrected chi connectivity index (χ0v) is 15.1. The maximum Gasteiger partial charge on any atom is 0.332 e. The van der Waals surface area contributed by atoms with Crippen molar-refractivity contribution in [2.75, 3.05) is 13.1 Å². The van der Waals surface area contributed by atoms with Gasteiger partial charge in [0.25, 0.3) is 5.56 Å². The zero-order valence-electron chi connectivity index (χ0n) is 14.3. The zero-order chi connectivity index (χ0) is 17.1. The molecule has 8 heteroatoms. The highest BCUT2D eigenvalue weighted by molar-refractivity contribution is 5.69. The van der Waals surface area contributed by atoms with E-state index >= 15 is 0 Å². The van der Waals surface area contributed by atoms with E-state index in [1.807, 2.05) is 16.7 Å². The van der Waals surface area contributed by atoms with Gasteiger partial charge in [-0.25, -0.2) is 9.78 Å². The van der Waals surface area contributed by atoms with E-state index in [0.717, 1.165) is 17.7 Å². The molecule has 2 aromatic rings. The number of hydrogen-bond donors (Lipinski definition) is 1. The van der Waals surface area contributed by atoms with Gasteiger partial charge in [-0.15, -0.1) is 0 Å². The van der Waals surface area contributed by atoms with Crippen molar-refractivity contribution in [3.8, 4) is 0 Å². The van der Waals surface area contributed by atoms with Crippen molar-refractivity contribution in [1.29, 1.82) is 0 Å². The first-order valence-corrected chi connectivity index (χ1v) is 7.59. The van der Waals surface area contributed by atoms with E-state index in [1.54, 1.807) is 13.4 Å². The van der Waals surface area contributed by atoms with Gasteiger partial charge in [0, 0.05) is 14.1 Å². The fourth-order valence-electron chi connectivity index (χ4n) is 2.82. The summed E-state index contributed by atoms with van der Waals surface area (Å²) in [7, 11) is 3.11. The van der Waals surface area contributed by atoms with Gasteiger partial charge in [0.05, 0.1) is 26.0 Å². The van der Waals surface area contributed by atoms with Crippen molar-refractivity contribution in [2.24, 2.45) is 14.1 Å². The fourth-order valence-corrected chi connectivity index (χ4v) is 2.82. The molecule has 1 atom stereocenters. The minimum Gasteiger partial charge on any atom is -1.00 e. The predicted molar refractivity (Wildman–Crippen MR) is 90.8 cm³/mol. The molecule has 0 spiro atoms. The summed E-state index contributed by atoms with van der Waals surface area (Å²) in [5.41, 5.74) is 0.186. The summed E-state index contributed by atoms with van der Waals surface area (Å²) >= 11 is 0. The van der Waals surface area contributed by atoms with Crippen molar-refractivity contribution in [1.82, 2.24) is 18.7 Å². The van der Waals surface area contributed by atoms with Gasteiger partial charge < -0.3 is 21.9 Å².